The molecule has 1 rings (SSSR count). The average Bonchev–Trinajstić information content (AvgIpc) is 2.21. The molecule has 3 N–H and O–H groups in total. The first kappa shape index (κ1) is 11.3. The molecule has 0 aliphatic carbocycles. The van der Waals surface area contributed by atoms with Crippen molar-refractivity contribution in [3.05, 3.63) is 23.8 Å². The van der Waals surface area contributed by atoms with Crippen LogP contribution in [0, 0.1) is 0 Å². The van der Waals surface area contributed by atoms with Gasteiger partial charge >= 0.3 is 5.97 Å². The Labute approximate surface area is 86.5 Å². The summed E-state index contributed by atoms with van der Waals surface area (Å²) in [6, 6.07) is 4.16. The molecule has 0 bridgehead atoms. The second kappa shape index (κ2) is 4.65. The van der Waals surface area contributed by atoms with E-state index in [0.29, 0.717) is 0 Å². The number of carbonyl (C=O) groups excluding carboxylic acids is 1. The van der Waals surface area contributed by atoms with E-state index in [1.165, 1.54) is 25.3 Å². The van der Waals surface area contributed by atoms with Crippen molar-refractivity contribution in [2.75, 3.05) is 7.11 Å². The molecule has 0 aliphatic rings. The normalized spacial score (nSPS) is 12.1. The standard InChI is InChI=1S/C10H12O5/c1-15-9(13)5-8(12)6-3-2-4-7(11)10(6)14/h2-4,8,11-12,14H,5H2,1H3/t8-/m1/s1. The number of carbonyl (C=O) groups is 1. The van der Waals surface area contributed by atoms with Crippen LogP contribution < -0.4 is 0 Å². The molecule has 0 saturated carbocycles. The van der Waals surface area contributed by atoms with Crippen LogP contribution in [0.2, 0.25) is 0 Å². The van der Waals surface area contributed by atoms with Crippen LogP contribution in [0.15, 0.2) is 18.2 Å². The van der Waals surface area contributed by atoms with Gasteiger partial charge in [-0.15, -0.1) is 0 Å². The molecule has 1 aromatic carbocycles. The molecule has 0 fully saturated rings. The smallest absolute Gasteiger partial charge is 0.308 e. The molecule has 0 spiro atoms. The molecular formula is C10H12O5. The van der Waals surface area contributed by atoms with Gasteiger partial charge in [0.2, 0.25) is 0 Å². The van der Waals surface area contributed by atoms with Gasteiger partial charge in [0.15, 0.2) is 11.5 Å². The number of aliphatic hydroxyl groups is 1. The molecule has 15 heavy (non-hydrogen) atoms. The number of phenolic OH excluding ortho intramolecular Hbond substituents is 2. The molecule has 1 atom stereocenters. The minimum atomic E-state index is -1.19. The number of rotatable bonds is 3. The van der Waals surface area contributed by atoms with E-state index in [1.807, 2.05) is 0 Å². The number of methoxy groups -OCH3 is 1. The summed E-state index contributed by atoms with van der Waals surface area (Å²) in [6.07, 6.45) is -1.46. The second-order valence-corrected chi connectivity index (χ2v) is 3.01. The number of esters is 1. The molecule has 0 radical (unpaired) electrons. The summed E-state index contributed by atoms with van der Waals surface area (Å²) in [4.78, 5) is 10.9. The number of aliphatic hydroxyl groups excluding tert-OH is 1. The van der Waals surface area contributed by atoms with Gasteiger partial charge in [-0.05, 0) is 6.07 Å². The summed E-state index contributed by atoms with van der Waals surface area (Å²) >= 11 is 0. The minimum Gasteiger partial charge on any atom is -0.504 e. The van der Waals surface area contributed by atoms with Crippen LogP contribution in [-0.4, -0.2) is 28.4 Å². The van der Waals surface area contributed by atoms with Crippen molar-refractivity contribution in [3.8, 4) is 11.5 Å². The fourth-order valence-electron chi connectivity index (χ4n) is 1.17. The van der Waals surface area contributed by atoms with Crippen LogP contribution in [0.1, 0.15) is 18.1 Å². The Morgan fingerprint density at radius 1 is 1.47 bits per heavy atom. The fraction of sp³-hybridized carbons (Fsp3) is 0.300. The van der Waals surface area contributed by atoms with Crippen LogP contribution in [0.5, 0.6) is 11.5 Å². The lowest BCUT2D eigenvalue weighted by molar-refractivity contribution is -0.142. The summed E-state index contributed by atoms with van der Waals surface area (Å²) in [5.74, 6) is -1.35. The summed E-state index contributed by atoms with van der Waals surface area (Å²) < 4.78 is 4.37. The third-order valence-electron chi connectivity index (χ3n) is 1.99. The average molecular weight is 212 g/mol. The summed E-state index contributed by atoms with van der Waals surface area (Å²) in [7, 11) is 1.21. The van der Waals surface area contributed by atoms with E-state index in [-0.39, 0.29) is 17.7 Å². The number of phenols is 2. The monoisotopic (exact) mass is 212 g/mol. The van der Waals surface area contributed by atoms with E-state index in [9.17, 15) is 15.0 Å². The first-order valence-electron chi connectivity index (χ1n) is 4.32. The van der Waals surface area contributed by atoms with Crippen molar-refractivity contribution < 1.29 is 24.9 Å². The number of ether oxygens (including phenoxy) is 1. The van der Waals surface area contributed by atoms with E-state index in [1.54, 1.807) is 0 Å². The highest BCUT2D eigenvalue weighted by Gasteiger charge is 2.18. The van der Waals surface area contributed by atoms with Crippen molar-refractivity contribution >= 4 is 5.97 Å². The van der Waals surface area contributed by atoms with E-state index < -0.39 is 17.8 Å². The Hall–Kier alpha value is -1.75. The van der Waals surface area contributed by atoms with Gasteiger partial charge in [-0.3, -0.25) is 4.79 Å². The molecular weight excluding hydrogens is 200 g/mol. The fourth-order valence-corrected chi connectivity index (χ4v) is 1.17. The van der Waals surface area contributed by atoms with Gasteiger partial charge < -0.3 is 20.1 Å². The van der Waals surface area contributed by atoms with E-state index in [0.717, 1.165) is 0 Å². The zero-order chi connectivity index (χ0) is 11.4. The molecule has 0 unspecified atom stereocenters. The van der Waals surface area contributed by atoms with Crippen LogP contribution in [0.25, 0.3) is 0 Å². The van der Waals surface area contributed by atoms with Crippen molar-refractivity contribution in [1.82, 2.24) is 0 Å². The summed E-state index contributed by atoms with van der Waals surface area (Å²) in [5, 5.41) is 28.1. The number of aromatic hydroxyl groups is 2. The Morgan fingerprint density at radius 2 is 2.13 bits per heavy atom. The minimum absolute atomic E-state index is 0.0976. The molecule has 5 nitrogen and oxygen atoms in total. The maximum absolute atomic E-state index is 10.9. The van der Waals surface area contributed by atoms with E-state index in [2.05, 4.69) is 4.74 Å². The molecule has 0 saturated heterocycles. The number of benzene rings is 1. The third-order valence-corrected chi connectivity index (χ3v) is 1.99. The quantitative estimate of drug-likeness (QED) is 0.507. The maximum atomic E-state index is 10.9. The molecule has 1 aromatic rings. The Balaban J connectivity index is 2.86. The number of hydrogen-bond acceptors (Lipinski definition) is 5. The van der Waals surface area contributed by atoms with Crippen molar-refractivity contribution in [2.24, 2.45) is 0 Å². The highest BCUT2D eigenvalue weighted by atomic mass is 16.5. The first-order chi connectivity index (χ1) is 7.06. The van der Waals surface area contributed by atoms with Gasteiger partial charge in [-0.1, -0.05) is 12.1 Å². The van der Waals surface area contributed by atoms with Gasteiger partial charge in [0.1, 0.15) is 0 Å². The molecule has 0 aliphatic heterocycles. The SMILES string of the molecule is COC(=O)C[C@@H](O)c1cccc(O)c1O. The van der Waals surface area contributed by atoms with Crippen molar-refractivity contribution in [1.29, 1.82) is 0 Å². The highest BCUT2D eigenvalue weighted by molar-refractivity contribution is 5.70. The van der Waals surface area contributed by atoms with Gasteiger partial charge in [0.05, 0.1) is 19.6 Å². The summed E-state index contributed by atoms with van der Waals surface area (Å²) in [6.45, 7) is 0. The second-order valence-electron chi connectivity index (χ2n) is 3.01. The highest BCUT2D eigenvalue weighted by Crippen LogP contribution is 2.33. The van der Waals surface area contributed by atoms with Crippen LogP contribution in [0.3, 0.4) is 0 Å². The Bertz CT molecular complexity index is 361. The molecule has 0 aromatic heterocycles. The Kier molecular flexibility index (Phi) is 3.51. The van der Waals surface area contributed by atoms with Crippen molar-refractivity contribution in [3.63, 3.8) is 0 Å². The molecule has 0 amide bonds. The van der Waals surface area contributed by atoms with Crippen LogP contribution in [-0.2, 0) is 9.53 Å². The number of hydrogen-bond donors (Lipinski definition) is 3. The lowest BCUT2D eigenvalue weighted by atomic mass is 10.1. The summed E-state index contributed by atoms with van der Waals surface area (Å²) in [5.41, 5.74) is 0.0976. The van der Waals surface area contributed by atoms with Gasteiger partial charge in [0.25, 0.3) is 0 Å². The maximum Gasteiger partial charge on any atom is 0.308 e. The van der Waals surface area contributed by atoms with Gasteiger partial charge in [-0.25, -0.2) is 0 Å². The zero-order valence-electron chi connectivity index (χ0n) is 8.17. The lowest BCUT2D eigenvalue weighted by Gasteiger charge is -2.11. The lowest BCUT2D eigenvalue weighted by Crippen LogP contribution is -2.08. The zero-order valence-corrected chi connectivity index (χ0v) is 8.17. The van der Waals surface area contributed by atoms with Crippen molar-refractivity contribution in [2.45, 2.75) is 12.5 Å². The van der Waals surface area contributed by atoms with Crippen LogP contribution in [0.4, 0.5) is 0 Å². The Morgan fingerprint density at radius 3 is 2.73 bits per heavy atom. The van der Waals surface area contributed by atoms with Crippen LogP contribution >= 0.6 is 0 Å². The van der Waals surface area contributed by atoms with Gasteiger partial charge in [-0.2, -0.15) is 0 Å². The molecule has 5 heteroatoms. The molecule has 82 valence electrons. The topological polar surface area (TPSA) is 87.0 Å². The number of para-hydroxylation sites is 1. The van der Waals surface area contributed by atoms with E-state index in [4.69, 9.17) is 5.11 Å². The van der Waals surface area contributed by atoms with Gasteiger partial charge in [0, 0.05) is 5.56 Å². The predicted molar refractivity (Wildman–Crippen MR) is 51.4 cm³/mol. The predicted octanol–water partition coefficient (Wildman–Crippen LogP) is 0.694. The largest absolute Gasteiger partial charge is 0.504 e. The van der Waals surface area contributed by atoms with E-state index >= 15 is 0 Å². The third kappa shape index (κ3) is 2.60. The first-order valence-corrected chi connectivity index (χ1v) is 4.32. The molecule has 0 heterocycles.